The van der Waals surface area contributed by atoms with E-state index in [-0.39, 0.29) is 5.97 Å². The predicted octanol–water partition coefficient (Wildman–Crippen LogP) is 2.85. The molecule has 0 fully saturated rings. The molecule has 0 saturated heterocycles. The largest absolute Gasteiger partial charge is 0.465 e. The number of ether oxygens (including phenoxy) is 1. The van der Waals surface area contributed by atoms with Gasteiger partial charge in [0.15, 0.2) is 0 Å². The van der Waals surface area contributed by atoms with Crippen molar-refractivity contribution in [2.24, 2.45) is 0 Å². The van der Waals surface area contributed by atoms with Crippen LogP contribution in [0.15, 0.2) is 29.6 Å². The van der Waals surface area contributed by atoms with E-state index in [1.165, 1.54) is 12.0 Å². The van der Waals surface area contributed by atoms with Crippen LogP contribution >= 0.6 is 11.3 Å². The monoisotopic (exact) mass is 262 g/mol. The van der Waals surface area contributed by atoms with E-state index in [0.29, 0.717) is 11.3 Å². The highest BCUT2D eigenvalue weighted by Crippen LogP contribution is 2.14. The van der Waals surface area contributed by atoms with Crippen LogP contribution in [0.1, 0.15) is 20.9 Å². The summed E-state index contributed by atoms with van der Waals surface area (Å²) in [5.41, 5.74) is 1.16. The number of carbonyl (C=O) groups is 1. The van der Waals surface area contributed by atoms with E-state index in [1.54, 1.807) is 30.4 Å². The van der Waals surface area contributed by atoms with E-state index in [9.17, 15) is 4.79 Å². The maximum atomic E-state index is 11.4. The van der Waals surface area contributed by atoms with Gasteiger partial charge in [0.25, 0.3) is 0 Å². The third-order valence-electron chi connectivity index (χ3n) is 2.51. The minimum absolute atomic E-state index is 0.357. The number of carbonyl (C=O) groups excluding carboxylic acids is 1. The molecule has 0 aromatic carbocycles. The summed E-state index contributed by atoms with van der Waals surface area (Å²) in [7, 11) is 1.37. The Morgan fingerprint density at radius 1 is 1.44 bits per heavy atom. The van der Waals surface area contributed by atoms with Crippen molar-refractivity contribution in [2.45, 2.75) is 13.5 Å². The first kappa shape index (κ1) is 12.6. The first-order valence-electron chi connectivity index (χ1n) is 5.53. The highest BCUT2D eigenvalue weighted by atomic mass is 32.1. The SMILES string of the molecule is COC(=O)c1ccc(NCc2cccs2)nc1C. The van der Waals surface area contributed by atoms with Gasteiger partial charge in [0, 0.05) is 4.88 Å². The summed E-state index contributed by atoms with van der Waals surface area (Å²) in [6, 6.07) is 7.59. The Labute approximate surface area is 110 Å². The summed E-state index contributed by atoms with van der Waals surface area (Å²) in [5, 5.41) is 5.26. The lowest BCUT2D eigenvalue weighted by atomic mass is 10.2. The molecule has 0 unspecified atom stereocenters. The van der Waals surface area contributed by atoms with Gasteiger partial charge in [-0.05, 0) is 30.5 Å². The number of methoxy groups -OCH3 is 1. The number of esters is 1. The molecule has 0 radical (unpaired) electrons. The fourth-order valence-electron chi connectivity index (χ4n) is 1.58. The Bertz CT molecular complexity index is 538. The predicted molar refractivity (Wildman–Crippen MR) is 72.0 cm³/mol. The quantitative estimate of drug-likeness (QED) is 0.861. The van der Waals surface area contributed by atoms with E-state index in [2.05, 4.69) is 21.1 Å². The average Bonchev–Trinajstić information content (AvgIpc) is 2.88. The second kappa shape index (κ2) is 5.64. The number of hydrogen-bond donors (Lipinski definition) is 1. The number of aromatic nitrogens is 1. The highest BCUT2D eigenvalue weighted by molar-refractivity contribution is 7.09. The molecule has 0 spiro atoms. The topological polar surface area (TPSA) is 51.2 Å². The summed E-state index contributed by atoms with van der Waals surface area (Å²) in [4.78, 5) is 17.0. The second-order valence-corrected chi connectivity index (χ2v) is 4.79. The van der Waals surface area contributed by atoms with Gasteiger partial charge in [0.05, 0.1) is 24.9 Å². The third-order valence-corrected chi connectivity index (χ3v) is 3.39. The van der Waals surface area contributed by atoms with E-state index < -0.39 is 0 Å². The zero-order valence-corrected chi connectivity index (χ0v) is 11.1. The Morgan fingerprint density at radius 2 is 2.28 bits per heavy atom. The van der Waals surface area contributed by atoms with Gasteiger partial charge >= 0.3 is 5.97 Å². The average molecular weight is 262 g/mol. The van der Waals surface area contributed by atoms with Crippen molar-refractivity contribution in [1.29, 1.82) is 0 Å². The summed E-state index contributed by atoms with van der Waals surface area (Å²) in [6.07, 6.45) is 0. The molecule has 0 amide bonds. The van der Waals surface area contributed by atoms with E-state index in [1.807, 2.05) is 11.4 Å². The van der Waals surface area contributed by atoms with Crippen LogP contribution in [0.4, 0.5) is 5.82 Å². The number of pyridine rings is 1. The van der Waals surface area contributed by atoms with Gasteiger partial charge in [0.1, 0.15) is 5.82 Å². The molecule has 1 N–H and O–H groups in total. The van der Waals surface area contributed by atoms with Crippen molar-refractivity contribution in [2.75, 3.05) is 12.4 Å². The van der Waals surface area contributed by atoms with Crippen LogP contribution in [0, 0.1) is 6.92 Å². The summed E-state index contributed by atoms with van der Waals surface area (Å²) >= 11 is 1.69. The summed E-state index contributed by atoms with van der Waals surface area (Å²) in [5.74, 6) is 0.401. The van der Waals surface area contributed by atoms with Gasteiger partial charge in [-0.15, -0.1) is 11.3 Å². The van der Waals surface area contributed by atoms with Crippen molar-refractivity contribution >= 4 is 23.1 Å². The van der Waals surface area contributed by atoms with Crippen LogP contribution in [0.3, 0.4) is 0 Å². The zero-order valence-electron chi connectivity index (χ0n) is 10.3. The number of nitrogens with one attached hydrogen (secondary N) is 1. The number of aryl methyl sites for hydroxylation is 1. The molecule has 2 aromatic heterocycles. The van der Waals surface area contributed by atoms with Gasteiger partial charge in [-0.25, -0.2) is 9.78 Å². The van der Waals surface area contributed by atoms with Gasteiger partial charge in [-0.3, -0.25) is 0 Å². The molecular weight excluding hydrogens is 248 g/mol. The van der Waals surface area contributed by atoms with Crippen LogP contribution in [0.2, 0.25) is 0 Å². The molecule has 5 heteroatoms. The molecular formula is C13H14N2O2S. The van der Waals surface area contributed by atoms with Crippen molar-refractivity contribution in [3.05, 3.63) is 45.8 Å². The Balaban J connectivity index is 2.07. The molecule has 2 heterocycles. The van der Waals surface area contributed by atoms with Crippen LogP contribution in [-0.2, 0) is 11.3 Å². The lowest BCUT2D eigenvalue weighted by Gasteiger charge is -2.07. The number of nitrogens with zero attached hydrogens (tertiary/aromatic N) is 1. The van der Waals surface area contributed by atoms with Crippen LogP contribution in [0.25, 0.3) is 0 Å². The Kier molecular flexibility index (Phi) is 3.94. The van der Waals surface area contributed by atoms with E-state index in [4.69, 9.17) is 0 Å². The molecule has 94 valence electrons. The van der Waals surface area contributed by atoms with Crippen molar-refractivity contribution < 1.29 is 9.53 Å². The van der Waals surface area contributed by atoms with Gasteiger partial charge in [-0.1, -0.05) is 6.07 Å². The molecule has 18 heavy (non-hydrogen) atoms. The number of anilines is 1. The smallest absolute Gasteiger partial charge is 0.339 e. The standard InChI is InChI=1S/C13H14N2O2S/c1-9-11(13(16)17-2)5-6-12(15-9)14-8-10-4-3-7-18-10/h3-7H,8H2,1-2H3,(H,14,15). The lowest BCUT2D eigenvalue weighted by Crippen LogP contribution is -2.07. The minimum atomic E-state index is -0.357. The number of thiophene rings is 1. The molecule has 2 aromatic rings. The Morgan fingerprint density at radius 3 is 2.89 bits per heavy atom. The van der Waals surface area contributed by atoms with Gasteiger partial charge in [0.2, 0.25) is 0 Å². The normalized spacial score (nSPS) is 10.1. The maximum absolute atomic E-state index is 11.4. The zero-order chi connectivity index (χ0) is 13.0. The van der Waals surface area contributed by atoms with Gasteiger partial charge < -0.3 is 10.1 Å². The first-order valence-corrected chi connectivity index (χ1v) is 6.41. The van der Waals surface area contributed by atoms with E-state index >= 15 is 0 Å². The van der Waals surface area contributed by atoms with Crippen LogP contribution in [-0.4, -0.2) is 18.1 Å². The van der Waals surface area contributed by atoms with Crippen molar-refractivity contribution in [3.8, 4) is 0 Å². The van der Waals surface area contributed by atoms with Crippen LogP contribution < -0.4 is 5.32 Å². The molecule has 0 saturated carbocycles. The number of hydrogen-bond acceptors (Lipinski definition) is 5. The van der Waals surface area contributed by atoms with Crippen molar-refractivity contribution in [1.82, 2.24) is 4.98 Å². The fourth-order valence-corrected chi connectivity index (χ4v) is 2.22. The van der Waals surface area contributed by atoms with E-state index in [0.717, 1.165) is 12.4 Å². The molecule has 4 nitrogen and oxygen atoms in total. The molecule has 0 aliphatic carbocycles. The molecule has 0 aliphatic heterocycles. The minimum Gasteiger partial charge on any atom is -0.465 e. The molecule has 0 aliphatic rings. The third kappa shape index (κ3) is 2.87. The summed E-state index contributed by atoms with van der Waals surface area (Å²) in [6.45, 7) is 2.53. The summed E-state index contributed by atoms with van der Waals surface area (Å²) < 4.78 is 4.68. The fraction of sp³-hybridized carbons (Fsp3) is 0.231. The van der Waals surface area contributed by atoms with Gasteiger partial charge in [-0.2, -0.15) is 0 Å². The molecule has 2 rings (SSSR count). The number of rotatable bonds is 4. The lowest BCUT2D eigenvalue weighted by molar-refractivity contribution is 0.0599. The Hall–Kier alpha value is -1.88. The second-order valence-electron chi connectivity index (χ2n) is 3.75. The molecule has 0 bridgehead atoms. The highest BCUT2D eigenvalue weighted by Gasteiger charge is 2.10. The maximum Gasteiger partial charge on any atom is 0.339 e. The first-order chi connectivity index (χ1) is 8.70. The molecule has 0 atom stereocenters. The van der Waals surface area contributed by atoms with Crippen molar-refractivity contribution in [3.63, 3.8) is 0 Å². The van der Waals surface area contributed by atoms with Crippen LogP contribution in [0.5, 0.6) is 0 Å².